The fourth-order valence-corrected chi connectivity index (χ4v) is 5.48. The molecule has 1 saturated heterocycles. The number of nitrogens with zero attached hydrogens (tertiary/aromatic N) is 3. The van der Waals surface area contributed by atoms with Gasteiger partial charge in [0.05, 0.1) is 17.2 Å². The Morgan fingerprint density at radius 3 is 2.42 bits per heavy atom. The second-order valence-corrected chi connectivity index (χ2v) is 10.6. The Kier molecular flexibility index (Phi) is 6.13. The van der Waals surface area contributed by atoms with Crippen molar-refractivity contribution in [2.75, 3.05) is 24.6 Å². The van der Waals surface area contributed by atoms with Gasteiger partial charge in [0, 0.05) is 24.3 Å². The lowest BCUT2D eigenvalue weighted by molar-refractivity contribution is -0.132. The van der Waals surface area contributed by atoms with Crippen molar-refractivity contribution in [1.82, 2.24) is 20.0 Å². The van der Waals surface area contributed by atoms with Crippen LogP contribution in [0.4, 0.5) is 0 Å². The summed E-state index contributed by atoms with van der Waals surface area (Å²) in [5.74, 6) is -0.696. The van der Waals surface area contributed by atoms with Crippen LogP contribution in [-0.4, -0.2) is 65.5 Å². The van der Waals surface area contributed by atoms with Gasteiger partial charge in [0.15, 0.2) is 15.5 Å². The number of nitrogens with one attached hydrogen (secondary N) is 1. The number of para-hydroxylation sites is 1. The van der Waals surface area contributed by atoms with E-state index in [0.29, 0.717) is 5.69 Å². The fourth-order valence-electron chi connectivity index (χ4n) is 4.27. The third-order valence-corrected chi connectivity index (χ3v) is 7.63. The molecule has 1 atom stereocenters. The van der Waals surface area contributed by atoms with Gasteiger partial charge < -0.3 is 10.2 Å². The highest BCUT2D eigenvalue weighted by Crippen LogP contribution is 2.26. The number of aromatic nitrogens is 2. The first kappa shape index (κ1) is 21.5. The number of hydrogen-bond donors (Lipinski definition) is 1. The Morgan fingerprint density at radius 2 is 1.71 bits per heavy atom. The van der Waals surface area contributed by atoms with Crippen LogP contribution >= 0.6 is 0 Å². The van der Waals surface area contributed by atoms with Crippen LogP contribution in [-0.2, 0) is 27.5 Å². The van der Waals surface area contributed by atoms with Crippen molar-refractivity contribution < 1.29 is 18.0 Å². The third-order valence-electron chi connectivity index (χ3n) is 6.02. The molecule has 31 heavy (non-hydrogen) atoms. The monoisotopic (exact) mass is 444 g/mol. The van der Waals surface area contributed by atoms with Gasteiger partial charge in [-0.15, -0.1) is 0 Å². The lowest BCUT2D eigenvalue weighted by Gasteiger charge is -2.29. The predicted molar refractivity (Wildman–Crippen MR) is 117 cm³/mol. The molecule has 2 heterocycles. The maximum Gasteiger partial charge on any atom is 0.272 e. The molecule has 2 aromatic rings. The van der Waals surface area contributed by atoms with Crippen LogP contribution in [0.2, 0.25) is 0 Å². The summed E-state index contributed by atoms with van der Waals surface area (Å²) in [5, 5.41) is 7.44. The first-order chi connectivity index (χ1) is 14.9. The average Bonchev–Trinajstić information content (AvgIpc) is 2.95. The van der Waals surface area contributed by atoms with Crippen molar-refractivity contribution in [2.24, 2.45) is 0 Å². The number of carbonyl (C=O) groups is 2. The largest absolute Gasteiger partial charge is 0.339 e. The standard InChI is InChI=1S/C22H28N4O4S/c1-16(22(28)25-12-14-31(29,30)15-13-25)23-21(27)20-18-10-6-3-7-11-19(18)26(24-20)17-8-4-2-5-9-17/h2,4-5,8-9,16H,3,6-7,10-15H2,1H3,(H,23,27). The molecule has 8 nitrogen and oxygen atoms in total. The number of carbonyl (C=O) groups excluding carboxylic acids is 2. The first-order valence-corrected chi connectivity index (χ1v) is 12.6. The van der Waals surface area contributed by atoms with E-state index in [1.807, 2.05) is 35.0 Å². The van der Waals surface area contributed by atoms with Gasteiger partial charge in [0.1, 0.15) is 6.04 Å². The highest BCUT2D eigenvalue weighted by molar-refractivity contribution is 7.91. The average molecular weight is 445 g/mol. The summed E-state index contributed by atoms with van der Waals surface area (Å²) in [6.07, 6.45) is 4.82. The smallest absolute Gasteiger partial charge is 0.272 e. The van der Waals surface area contributed by atoms with E-state index in [0.717, 1.165) is 49.0 Å². The van der Waals surface area contributed by atoms with Gasteiger partial charge in [0.2, 0.25) is 5.91 Å². The molecule has 1 aromatic carbocycles. The Morgan fingerprint density at radius 1 is 1.03 bits per heavy atom. The number of benzene rings is 1. The van der Waals surface area contributed by atoms with Gasteiger partial charge in [-0.2, -0.15) is 5.10 Å². The van der Waals surface area contributed by atoms with Crippen LogP contribution in [0.3, 0.4) is 0 Å². The van der Waals surface area contributed by atoms with Gasteiger partial charge >= 0.3 is 0 Å². The summed E-state index contributed by atoms with van der Waals surface area (Å²) in [7, 11) is -3.07. The van der Waals surface area contributed by atoms with E-state index < -0.39 is 15.9 Å². The Balaban J connectivity index is 1.54. The summed E-state index contributed by atoms with van der Waals surface area (Å²) < 4.78 is 25.1. The maximum atomic E-state index is 13.1. The SMILES string of the molecule is CC(NC(=O)c1nn(-c2ccccc2)c2c1CCCCC2)C(=O)N1CCS(=O)(=O)CC1. The molecule has 2 aliphatic rings. The van der Waals surface area contributed by atoms with Crippen LogP contribution in [0.25, 0.3) is 5.69 Å². The van der Waals surface area contributed by atoms with Gasteiger partial charge in [-0.3, -0.25) is 9.59 Å². The molecular weight excluding hydrogens is 416 g/mol. The van der Waals surface area contributed by atoms with E-state index in [2.05, 4.69) is 10.4 Å². The minimum Gasteiger partial charge on any atom is -0.339 e. The van der Waals surface area contributed by atoms with E-state index in [1.165, 1.54) is 4.90 Å². The van der Waals surface area contributed by atoms with E-state index in [4.69, 9.17) is 0 Å². The zero-order valence-corrected chi connectivity index (χ0v) is 18.5. The lowest BCUT2D eigenvalue weighted by Crippen LogP contribution is -2.51. The molecule has 0 bridgehead atoms. The van der Waals surface area contributed by atoms with Crippen molar-refractivity contribution in [3.05, 3.63) is 47.3 Å². The highest BCUT2D eigenvalue weighted by Gasteiger charge is 2.30. The predicted octanol–water partition coefficient (Wildman–Crippen LogP) is 1.52. The molecule has 1 aliphatic carbocycles. The fraction of sp³-hybridized carbons (Fsp3) is 0.500. The summed E-state index contributed by atoms with van der Waals surface area (Å²) in [5.41, 5.74) is 3.32. The molecule has 9 heteroatoms. The number of sulfone groups is 1. The van der Waals surface area contributed by atoms with Crippen molar-refractivity contribution in [1.29, 1.82) is 0 Å². The lowest BCUT2D eigenvalue weighted by atomic mass is 10.1. The summed E-state index contributed by atoms with van der Waals surface area (Å²) in [4.78, 5) is 27.4. The van der Waals surface area contributed by atoms with E-state index in [9.17, 15) is 18.0 Å². The molecule has 0 radical (unpaired) electrons. The van der Waals surface area contributed by atoms with Crippen LogP contribution in [0.15, 0.2) is 30.3 Å². The molecular formula is C22H28N4O4S. The van der Waals surface area contributed by atoms with Crippen LogP contribution in [0, 0.1) is 0 Å². The summed E-state index contributed by atoms with van der Waals surface area (Å²) >= 11 is 0. The number of hydrogen-bond acceptors (Lipinski definition) is 5. The second-order valence-electron chi connectivity index (χ2n) is 8.25. The molecule has 0 saturated carbocycles. The molecule has 1 fully saturated rings. The molecule has 2 amide bonds. The topological polar surface area (TPSA) is 101 Å². The number of amides is 2. The quantitative estimate of drug-likeness (QED) is 0.721. The van der Waals surface area contributed by atoms with E-state index in [1.54, 1.807) is 6.92 Å². The molecule has 0 spiro atoms. The van der Waals surface area contributed by atoms with Crippen molar-refractivity contribution in [3.63, 3.8) is 0 Å². The van der Waals surface area contributed by atoms with E-state index in [-0.39, 0.29) is 36.4 Å². The third kappa shape index (κ3) is 4.66. The first-order valence-electron chi connectivity index (χ1n) is 10.8. The molecule has 166 valence electrons. The summed E-state index contributed by atoms with van der Waals surface area (Å²) in [6, 6.07) is 9.01. The van der Waals surface area contributed by atoms with E-state index >= 15 is 0 Å². The van der Waals surface area contributed by atoms with Crippen LogP contribution < -0.4 is 5.32 Å². The minimum absolute atomic E-state index is 0.0333. The summed E-state index contributed by atoms with van der Waals surface area (Å²) in [6.45, 7) is 1.97. The highest BCUT2D eigenvalue weighted by atomic mass is 32.2. The van der Waals surface area contributed by atoms with Gasteiger partial charge in [0.25, 0.3) is 5.91 Å². The Hall–Kier alpha value is -2.68. The zero-order chi connectivity index (χ0) is 22.0. The van der Waals surface area contributed by atoms with Crippen LogP contribution in [0.1, 0.15) is 47.9 Å². The van der Waals surface area contributed by atoms with Gasteiger partial charge in [-0.25, -0.2) is 13.1 Å². The molecule has 1 aliphatic heterocycles. The van der Waals surface area contributed by atoms with Crippen molar-refractivity contribution >= 4 is 21.7 Å². The van der Waals surface area contributed by atoms with Gasteiger partial charge in [-0.05, 0) is 44.7 Å². The molecule has 1 N–H and O–H groups in total. The Bertz CT molecular complexity index is 1060. The normalized spacial score (nSPS) is 19.2. The minimum atomic E-state index is -3.07. The van der Waals surface area contributed by atoms with Crippen LogP contribution in [0.5, 0.6) is 0 Å². The van der Waals surface area contributed by atoms with Crippen molar-refractivity contribution in [2.45, 2.75) is 45.1 Å². The number of rotatable bonds is 4. The molecule has 4 rings (SSSR count). The van der Waals surface area contributed by atoms with Gasteiger partial charge in [-0.1, -0.05) is 24.6 Å². The number of fused-ring (bicyclic) bond motifs is 1. The van der Waals surface area contributed by atoms with Crippen molar-refractivity contribution in [3.8, 4) is 5.69 Å². The maximum absolute atomic E-state index is 13.1. The zero-order valence-electron chi connectivity index (χ0n) is 17.7. The molecule has 1 unspecified atom stereocenters. The second kappa shape index (κ2) is 8.82. The Labute approximate surface area is 182 Å². The molecule has 1 aromatic heterocycles.